The summed E-state index contributed by atoms with van der Waals surface area (Å²) in [5, 5.41) is 3.31. The molecule has 1 aliphatic rings. The number of ether oxygens (including phenoxy) is 1. The van der Waals surface area contributed by atoms with Gasteiger partial charge < -0.3 is 15.0 Å². The first-order valence-electron chi connectivity index (χ1n) is 5.60. The van der Waals surface area contributed by atoms with Gasteiger partial charge in [0.25, 0.3) is 6.01 Å². The third-order valence-electron chi connectivity index (χ3n) is 2.77. The molecule has 0 spiro atoms. The van der Waals surface area contributed by atoms with Gasteiger partial charge in [-0.05, 0) is 31.5 Å². The van der Waals surface area contributed by atoms with Gasteiger partial charge in [0, 0.05) is 12.7 Å². The van der Waals surface area contributed by atoms with E-state index in [0.717, 1.165) is 31.4 Å². The molecule has 1 atom stereocenters. The predicted octanol–water partition coefficient (Wildman–Crippen LogP) is 1.51. The van der Waals surface area contributed by atoms with E-state index in [-0.39, 0.29) is 18.5 Å². The second-order valence-electron chi connectivity index (χ2n) is 4.00. The van der Waals surface area contributed by atoms with Crippen LogP contribution in [0, 0.1) is 0 Å². The number of rotatable bonds is 2. The molecule has 6 heteroatoms. The number of imidazole rings is 1. The van der Waals surface area contributed by atoms with E-state index in [1.54, 1.807) is 6.20 Å². The van der Waals surface area contributed by atoms with Gasteiger partial charge in [0.2, 0.25) is 0 Å². The molecule has 1 unspecified atom stereocenters. The van der Waals surface area contributed by atoms with Gasteiger partial charge in [0.05, 0.1) is 5.52 Å². The monoisotopic (exact) mass is 254 g/mol. The lowest BCUT2D eigenvalue weighted by Crippen LogP contribution is -2.37. The van der Waals surface area contributed by atoms with Crippen molar-refractivity contribution in [2.24, 2.45) is 0 Å². The third kappa shape index (κ3) is 2.68. The molecule has 3 rings (SSSR count). The lowest BCUT2D eigenvalue weighted by Gasteiger charge is -2.22. The molecular weight excluding hydrogens is 240 g/mol. The zero-order valence-electron chi connectivity index (χ0n) is 9.35. The number of nitrogens with one attached hydrogen (secondary N) is 2. The van der Waals surface area contributed by atoms with Crippen molar-refractivity contribution < 1.29 is 4.74 Å². The number of nitrogens with zero attached hydrogens (tertiary/aromatic N) is 2. The Morgan fingerprint density at radius 2 is 2.35 bits per heavy atom. The largest absolute Gasteiger partial charge is 0.460 e. The fourth-order valence-electron chi connectivity index (χ4n) is 1.96. The number of aromatic nitrogens is 3. The minimum absolute atomic E-state index is 0. The van der Waals surface area contributed by atoms with Gasteiger partial charge in [-0.15, -0.1) is 12.4 Å². The van der Waals surface area contributed by atoms with Crippen molar-refractivity contribution in [2.75, 3.05) is 13.1 Å². The maximum Gasteiger partial charge on any atom is 0.296 e. The van der Waals surface area contributed by atoms with Crippen LogP contribution in [0.2, 0.25) is 0 Å². The Labute approximate surface area is 105 Å². The molecule has 0 aliphatic carbocycles. The predicted molar refractivity (Wildman–Crippen MR) is 67.7 cm³/mol. The van der Waals surface area contributed by atoms with Crippen LogP contribution in [0.3, 0.4) is 0 Å². The van der Waals surface area contributed by atoms with Gasteiger partial charge >= 0.3 is 0 Å². The number of hydrogen-bond acceptors (Lipinski definition) is 4. The Morgan fingerprint density at radius 3 is 3.12 bits per heavy atom. The summed E-state index contributed by atoms with van der Waals surface area (Å²) in [7, 11) is 0. The number of hydrogen-bond donors (Lipinski definition) is 2. The molecule has 1 fully saturated rings. The summed E-state index contributed by atoms with van der Waals surface area (Å²) in [6, 6.07) is 4.40. The molecule has 0 amide bonds. The number of halogens is 1. The van der Waals surface area contributed by atoms with Crippen LogP contribution in [0.1, 0.15) is 12.8 Å². The first-order valence-corrected chi connectivity index (χ1v) is 5.60. The molecule has 5 nitrogen and oxygen atoms in total. The van der Waals surface area contributed by atoms with E-state index < -0.39 is 0 Å². The standard InChI is InChI=1S/C11H14N4O.ClH/c1-3-8(7-12-5-1)16-11-14-9-4-2-6-13-10(9)15-11;/h2,4,6,8,12H,1,3,5,7H2,(H,13,14,15);1H. The number of H-pyrrole nitrogens is 1. The van der Waals surface area contributed by atoms with E-state index in [2.05, 4.69) is 20.3 Å². The maximum absolute atomic E-state index is 5.77. The topological polar surface area (TPSA) is 62.8 Å². The molecule has 2 aromatic heterocycles. The molecule has 0 aromatic carbocycles. The van der Waals surface area contributed by atoms with Crippen LogP contribution >= 0.6 is 12.4 Å². The smallest absolute Gasteiger partial charge is 0.296 e. The molecular formula is C11H15ClN4O. The summed E-state index contributed by atoms with van der Waals surface area (Å²) in [5.74, 6) is 0. The molecule has 92 valence electrons. The molecule has 3 heterocycles. The van der Waals surface area contributed by atoms with Gasteiger partial charge in [-0.25, -0.2) is 4.98 Å². The Balaban J connectivity index is 0.00000108. The first kappa shape index (κ1) is 12.1. The number of pyridine rings is 1. The Hall–Kier alpha value is -1.33. The van der Waals surface area contributed by atoms with Crippen molar-refractivity contribution >= 4 is 23.6 Å². The fourth-order valence-corrected chi connectivity index (χ4v) is 1.96. The van der Waals surface area contributed by atoms with Crippen LogP contribution in [0.25, 0.3) is 11.2 Å². The van der Waals surface area contributed by atoms with Crippen LogP contribution < -0.4 is 10.1 Å². The fraction of sp³-hybridized carbons (Fsp3) is 0.455. The molecule has 2 aromatic rings. The van der Waals surface area contributed by atoms with E-state index >= 15 is 0 Å². The summed E-state index contributed by atoms with van der Waals surface area (Å²) in [6.45, 7) is 1.98. The molecule has 0 saturated carbocycles. The Bertz CT molecular complexity index is 448. The summed E-state index contributed by atoms with van der Waals surface area (Å²) in [4.78, 5) is 11.6. The number of fused-ring (bicyclic) bond motifs is 1. The first-order chi connectivity index (χ1) is 7.92. The number of piperidine rings is 1. The highest BCUT2D eigenvalue weighted by atomic mass is 35.5. The van der Waals surface area contributed by atoms with Crippen LogP contribution in [-0.4, -0.2) is 34.1 Å². The van der Waals surface area contributed by atoms with Gasteiger partial charge in [0.1, 0.15) is 6.10 Å². The number of aromatic amines is 1. The Morgan fingerprint density at radius 1 is 1.41 bits per heavy atom. The van der Waals surface area contributed by atoms with E-state index in [1.165, 1.54) is 0 Å². The lowest BCUT2D eigenvalue weighted by molar-refractivity contribution is 0.155. The second-order valence-corrected chi connectivity index (χ2v) is 4.00. The lowest BCUT2D eigenvalue weighted by atomic mass is 10.1. The van der Waals surface area contributed by atoms with Crippen LogP contribution in [-0.2, 0) is 0 Å². The van der Waals surface area contributed by atoms with Crippen LogP contribution in [0.5, 0.6) is 6.01 Å². The molecule has 0 bridgehead atoms. The van der Waals surface area contributed by atoms with E-state index in [1.807, 2.05) is 12.1 Å². The average molecular weight is 255 g/mol. The minimum Gasteiger partial charge on any atom is -0.460 e. The Kier molecular flexibility index (Phi) is 3.81. The second kappa shape index (κ2) is 5.33. The SMILES string of the molecule is Cl.c1cnc2nc(OC3CCCNC3)[nH]c2c1. The van der Waals surface area contributed by atoms with E-state index in [4.69, 9.17) is 4.74 Å². The van der Waals surface area contributed by atoms with Gasteiger partial charge in [-0.2, -0.15) is 4.98 Å². The molecule has 17 heavy (non-hydrogen) atoms. The van der Waals surface area contributed by atoms with Crippen molar-refractivity contribution in [3.63, 3.8) is 0 Å². The normalized spacial score (nSPS) is 19.9. The average Bonchev–Trinajstić information content (AvgIpc) is 2.72. The minimum atomic E-state index is 0. The highest BCUT2D eigenvalue weighted by Crippen LogP contribution is 2.16. The van der Waals surface area contributed by atoms with Crippen molar-refractivity contribution in [3.8, 4) is 6.01 Å². The zero-order valence-corrected chi connectivity index (χ0v) is 10.2. The van der Waals surface area contributed by atoms with Crippen LogP contribution in [0.4, 0.5) is 0 Å². The highest BCUT2D eigenvalue weighted by Gasteiger charge is 2.16. The molecule has 0 radical (unpaired) electrons. The zero-order chi connectivity index (χ0) is 10.8. The van der Waals surface area contributed by atoms with Crippen molar-refractivity contribution in [1.29, 1.82) is 0 Å². The summed E-state index contributed by atoms with van der Waals surface area (Å²) in [6.07, 6.45) is 4.18. The maximum atomic E-state index is 5.77. The van der Waals surface area contributed by atoms with Gasteiger partial charge in [0.15, 0.2) is 5.65 Å². The van der Waals surface area contributed by atoms with Crippen molar-refractivity contribution in [1.82, 2.24) is 20.3 Å². The molecule has 2 N–H and O–H groups in total. The quantitative estimate of drug-likeness (QED) is 0.853. The summed E-state index contributed by atoms with van der Waals surface area (Å²) < 4.78 is 5.77. The van der Waals surface area contributed by atoms with Crippen LogP contribution in [0.15, 0.2) is 18.3 Å². The summed E-state index contributed by atoms with van der Waals surface area (Å²) >= 11 is 0. The molecule has 1 saturated heterocycles. The van der Waals surface area contributed by atoms with E-state index in [0.29, 0.717) is 11.7 Å². The third-order valence-corrected chi connectivity index (χ3v) is 2.77. The van der Waals surface area contributed by atoms with Crippen molar-refractivity contribution in [3.05, 3.63) is 18.3 Å². The van der Waals surface area contributed by atoms with Crippen molar-refractivity contribution in [2.45, 2.75) is 18.9 Å². The van der Waals surface area contributed by atoms with E-state index in [9.17, 15) is 0 Å². The highest BCUT2D eigenvalue weighted by molar-refractivity contribution is 5.85. The summed E-state index contributed by atoms with van der Waals surface area (Å²) in [5.41, 5.74) is 1.63. The molecule has 1 aliphatic heterocycles. The van der Waals surface area contributed by atoms with Gasteiger partial charge in [-0.3, -0.25) is 0 Å². The van der Waals surface area contributed by atoms with Gasteiger partial charge in [-0.1, -0.05) is 0 Å².